The Kier molecular flexibility index (Phi) is 5.97. The van der Waals surface area contributed by atoms with E-state index < -0.39 is 11.6 Å². The first-order valence-corrected chi connectivity index (χ1v) is 10.7. The van der Waals surface area contributed by atoms with E-state index in [9.17, 15) is 9.59 Å². The summed E-state index contributed by atoms with van der Waals surface area (Å²) in [6, 6.07) is 21.3. The van der Waals surface area contributed by atoms with E-state index in [1.54, 1.807) is 13.8 Å². The topological polar surface area (TPSA) is 100 Å². The summed E-state index contributed by atoms with van der Waals surface area (Å²) in [5, 5.41) is 9.11. The van der Waals surface area contributed by atoms with Gasteiger partial charge in [-0.1, -0.05) is 54.6 Å². The lowest BCUT2D eigenvalue weighted by Crippen LogP contribution is -2.56. The summed E-state index contributed by atoms with van der Waals surface area (Å²) < 4.78 is 0. The summed E-state index contributed by atoms with van der Waals surface area (Å²) in [7, 11) is 0. The van der Waals surface area contributed by atoms with Gasteiger partial charge in [0.1, 0.15) is 6.04 Å². The first-order valence-electron chi connectivity index (χ1n) is 10.7. The zero-order valence-corrected chi connectivity index (χ0v) is 18.3. The zero-order chi connectivity index (χ0) is 22.7. The molecule has 32 heavy (non-hydrogen) atoms. The van der Waals surface area contributed by atoms with Gasteiger partial charge in [0.05, 0.1) is 5.54 Å². The van der Waals surface area contributed by atoms with Crippen LogP contribution in [0.5, 0.6) is 0 Å². The largest absolute Gasteiger partial charge is 0.361 e. The Morgan fingerprint density at radius 1 is 1.00 bits per heavy atom. The highest BCUT2D eigenvalue weighted by molar-refractivity contribution is 5.92. The third-order valence-corrected chi connectivity index (χ3v) is 5.59. The lowest BCUT2D eigenvalue weighted by Gasteiger charge is -2.24. The van der Waals surface area contributed by atoms with Gasteiger partial charge < -0.3 is 21.4 Å². The van der Waals surface area contributed by atoms with Gasteiger partial charge in [-0.15, -0.1) is 0 Å². The van der Waals surface area contributed by atoms with E-state index in [-0.39, 0.29) is 11.8 Å². The van der Waals surface area contributed by atoms with Gasteiger partial charge in [-0.05, 0) is 47.9 Å². The summed E-state index contributed by atoms with van der Waals surface area (Å²) in [6.45, 7) is 3.62. The Morgan fingerprint density at radius 2 is 1.72 bits per heavy atom. The molecule has 2 amide bonds. The van der Waals surface area contributed by atoms with Gasteiger partial charge in [-0.25, -0.2) is 0 Å². The minimum Gasteiger partial charge on any atom is -0.361 e. The highest BCUT2D eigenvalue weighted by Crippen LogP contribution is 2.20. The predicted molar refractivity (Wildman–Crippen MR) is 128 cm³/mol. The Labute approximate surface area is 187 Å². The van der Waals surface area contributed by atoms with Crippen molar-refractivity contribution in [2.45, 2.75) is 38.4 Å². The molecule has 0 saturated carbocycles. The number of hydrogen-bond acceptors (Lipinski definition) is 3. The summed E-state index contributed by atoms with van der Waals surface area (Å²) >= 11 is 0. The van der Waals surface area contributed by atoms with Crippen molar-refractivity contribution in [3.8, 4) is 0 Å². The van der Waals surface area contributed by atoms with E-state index in [1.807, 2.05) is 60.8 Å². The van der Waals surface area contributed by atoms with Gasteiger partial charge in [-0.2, -0.15) is 0 Å². The number of nitrogens with two attached hydrogens (primary N) is 1. The SMILES string of the molecule is CC(C)(N)C(=O)N[C@H](Cc1c[nH]c2ccccc12)C(=O)NCc1ccc2ccccc2c1. The molecule has 4 rings (SSSR count). The van der Waals surface area contributed by atoms with Crippen LogP contribution in [0.2, 0.25) is 0 Å². The molecule has 6 heteroatoms. The van der Waals surface area contributed by atoms with E-state index in [0.717, 1.165) is 32.8 Å². The van der Waals surface area contributed by atoms with Gasteiger partial charge in [0.25, 0.3) is 0 Å². The van der Waals surface area contributed by atoms with Crippen molar-refractivity contribution in [2.75, 3.05) is 0 Å². The van der Waals surface area contributed by atoms with Gasteiger partial charge in [0.15, 0.2) is 0 Å². The Morgan fingerprint density at radius 3 is 2.50 bits per heavy atom. The summed E-state index contributed by atoms with van der Waals surface area (Å²) in [4.78, 5) is 28.9. The minimum absolute atomic E-state index is 0.249. The van der Waals surface area contributed by atoms with Crippen molar-refractivity contribution in [2.24, 2.45) is 5.73 Å². The quantitative estimate of drug-likeness (QED) is 0.363. The predicted octanol–water partition coefficient (Wildman–Crippen LogP) is 3.40. The van der Waals surface area contributed by atoms with Crippen LogP contribution in [0.15, 0.2) is 72.9 Å². The number of H-pyrrole nitrogens is 1. The number of amides is 2. The normalized spacial score (nSPS) is 12.6. The van der Waals surface area contributed by atoms with E-state index in [4.69, 9.17) is 5.73 Å². The number of benzene rings is 3. The number of nitrogens with one attached hydrogen (secondary N) is 3. The number of aromatic amines is 1. The van der Waals surface area contributed by atoms with Crippen LogP contribution in [-0.4, -0.2) is 28.4 Å². The molecule has 0 spiro atoms. The van der Waals surface area contributed by atoms with E-state index in [2.05, 4.69) is 27.8 Å². The number of rotatable bonds is 7. The number of aromatic nitrogens is 1. The van der Waals surface area contributed by atoms with Crippen LogP contribution < -0.4 is 16.4 Å². The van der Waals surface area contributed by atoms with Crippen molar-refractivity contribution < 1.29 is 9.59 Å². The van der Waals surface area contributed by atoms with Crippen LogP contribution >= 0.6 is 0 Å². The van der Waals surface area contributed by atoms with Crippen LogP contribution in [0.4, 0.5) is 0 Å². The van der Waals surface area contributed by atoms with Crippen LogP contribution in [0.1, 0.15) is 25.0 Å². The maximum absolute atomic E-state index is 13.1. The molecule has 0 aliphatic rings. The Bertz CT molecular complexity index is 1270. The third-order valence-electron chi connectivity index (χ3n) is 5.59. The molecule has 0 radical (unpaired) electrons. The average Bonchev–Trinajstić information content (AvgIpc) is 3.19. The number of carbonyl (C=O) groups excluding carboxylic acids is 2. The molecule has 164 valence electrons. The van der Waals surface area contributed by atoms with Gasteiger partial charge >= 0.3 is 0 Å². The number of para-hydroxylation sites is 1. The monoisotopic (exact) mass is 428 g/mol. The van der Waals surface area contributed by atoms with Crippen molar-refractivity contribution in [3.63, 3.8) is 0 Å². The molecule has 5 N–H and O–H groups in total. The number of fused-ring (bicyclic) bond motifs is 2. The molecule has 1 heterocycles. The van der Waals surface area contributed by atoms with Crippen LogP contribution in [0.25, 0.3) is 21.7 Å². The summed E-state index contributed by atoms with van der Waals surface area (Å²) in [6.07, 6.45) is 2.24. The molecule has 6 nitrogen and oxygen atoms in total. The lowest BCUT2D eigenvalue weighted by atomic mass is 10.0. The van der Waals surface area contributed by atoms with Crippen LogP contribution in [0, 0.1) is 0 Å². The fraction of sp³-hybridized carbons (Fsp3) is 0.231. The second kappa shape index (κ2) is 8.85. The molecule has 1 aromatic heterocycles. The smallest absolute Gasteiger partial charge is 0.243 e. The molecule has 3 aromatic carbocycles. The standard InChI is InChI=1S/C26H28N4O2/c1-26(2,27)25(32)30-23(14-20-16-28-22-10-6-5-9-21(20)22)24(31)29-15-17-11-12-18-7-3-4-8-19(18)13-17/h3-13,16,23,28H,14-15,27H2,1-2H3,(H,29,31)(H,30,32)/t23-/m1/s1. The van der Waals surface area contributed by atoms with Crippen molar-refractivity contribution in [1.29, 1.82) is 0 Å². The Hall–Kier alpha value is -3.64. The summed E-state index contributed by atoms with van der Waals surface area (Å²) in [5.41, 5.74) is 7.82. The maximum Gasteiger partial charge on any atom is 0.243 e. The molecule has 4 aromatic rings. The van der Waals surface area contributed by atoms with Gasteiger partial charge in [-0.3, -0.25) is 9.59 Å². The molecular formula is C26H28N4O2. The molecule has 0 saturated heterocycles. The average molecular weight is 429 g/mol. The van der Waals surface area contributed by atoms with E-state index in [1.165, 1.54) is 0 Å². The molecule has 1 atom stereocenters. The highest BCUT2D eigenvalue weighted by Gasteiger charge is 2.28. The van der Waals surface area contributed by atoms with Gasteiger partial charge in [0, 0.05) is 30.1 Å². The maximum atomic E-state index is 13.1. The molecule has 0 aliphatic carbocycles. The van der Waals surface area contributed by atoms with Gasteiger partial charge in [0.2, 0.25) is 11.8 Å². The minimum atomic E-state index is -1.09. The van der Waals surface area contributed by atoms with E-state index >= 15 is 0 Å². The molecule has 0 unspecified atom stereocenters. The van der Waals surface area contributed by atoms with Crippen molar-refractivity contribution in [1.82, 2.24) is 15.6 Å². The molecular weight excluding hydrogens is 400 g/mol. The van der Waals surface area contributed by atoms with Crippen molar-refractivity contribution in [3.05, 3.63) is 84.1 Å². The van der Waals surface area contributed by atoms with Crippen LogP contribution in [-0.2, 0) is 22.6 Å². The molecule has 0 bridgehead atoms. The zero-order valence-electron chi connectivity index (χ0n) is 18.3. The fourth-order valence-electron chi connectivity index (χ4n) is 3.74. The third kappa shape index (κ3) is 4.81. The molecule has 0 aliphatic heterocycles. The fourth-order valence-corrected chi connectivity index (χ4v) is 3.74. The first kappa shape index (κ1) is 21.6. The lowest BCUT2D eigenvalue weighted by molar-refractivity contribution is -0.131. The number of carbonyl (C=O) groups is 2. The van der Waals surface area contributed by atoms with Crippen molar-refractivity contribution >= 4 is 33.5 Å². The highest BCUT2D eigenvalue weighted by atomic mass is 16.2. The summed E-state index contributed by atoms with van der Waals surface area (Å²) in [5.74, 6) is -0.621. The second-order valence-corrected chi connectivity index (χ2v) is 8.71. The number of hydrogen-bond donors (Lipinski definition) is 4. The molecule has 0 fully saturated rings. The van der Waals surface area contributed by atoms with Crippen LogP contribution in [0.3, 0.4) is 0 Å². The van der Waals surface area contributed by atoms with E-state index in [0.29, 0.717) is 13.0 Å². The first-order chi connectivity index (χ1) is 15.3. The second-order valence-electron chi connectivity index (χ2n) is 8.71. The Balaban J connectivity index is 1.52.